The molecule has 0 fully saturated rings. The summed E-state index contributed by atoms with van der Waals surface area (Å²) in [5.74, 6) is 0. The molecule has 0 amide bonds. The van der Waals surface area contributed by atoms with Gasteiger partial charge in [-0.15, -0.1) is 0 Å². The van der Waals surface area contributed by atoms with Gasteiger partial charge < -0.3 is 5.73 Å². The van der Waals surface area contributed by atoms with Gasteiger partial charge in [-0.25, -0.2) is 5.10 Å². The third kappa shape index (κ3) is 3.12. The van der Waals surface area contributed by atoms with E-state index in [2.05, 4.69) is 15.3 Å². The monoisotopic (exact) mass is 399 g/mol. The zero-order chi connectivity index (χ0) is 19.1. The van der Waals surface area contributed by atoms with Gasteiger partial charge in [0.05, 0.1) is 23.0 Å². The van der Waals surface area contributed by atoms with Crippen molar-refractivity contribution in [2.24, 2.45) is 12.8 Å². The van der Waals surface area contributed by atoms with E-state index < -0.39 is 0 Å². The number of aromatic nitrogens is 4. The third-order valence-corrected chi connectivity index (χ3v) is 4.88. The number of halogens is 2. The number of nitrogens with two attached hydrogens (primary N) is 1. The molecule has 0 unspecified atom stereocenters. The smallest absolute Gasteiger partial charge is 0.272 e. The molecule has 0 atom stereocenters. The van der Waals surface area contributed by atoms with Crippen LogP contribution in [0.1, 0.15) is 5.69 Å². The van der Waals surface area contributed by atoms with Crippen molar-refractivity contribution in [2.45, 2.75) is 6.54 Å². The number of hydrogen-bond acceptors (Lipinski definition) is 4. The van der Waals surface area contributed by atoms with Crippen molar-refractivity contribution in [3.8, 4) is 22.4 Å². The molecule has 0 saturated carbocycles. The maximum atomic E-state index is 12.1. The normalized spacial score (nSPS) is 11.3. The first-order valence-electron chi connectivity index (χ1n) is 8.18. The lowest BCUT2D eigenvalue weighted by atomic mass is 9.98. The minimum absolute atomic E-state index is 0.223. The molecule has 2 aromatic carbocycles. The van der Waals surface area contributed by atoms with Crippen molar-refractivity contribution in [1.29, 1.82) is 0 Å². The number of rotatable bonds is 3. The Morgan fingerprint density at radius 2 is 1.81 bits per heavy atom. The Morgan fingerprint density at radius 3 is 2.52 bits per heavy atom. The third-order valence-electron chi connectivity index (χ3n) is 4.45. The minimum atomic E-state index is -0.248. The van der Waals surface area contributed by atoms with E-state index >= 15 is 0 Å². The van der Waals surface area contributed by atoms with E-state index in [1.807, 2.05) is 31.3 Å². The van der Waals surface area contributed by atoms with Gasteiger partial charge in [-0.3, -0.25) is 9.48 Å². The van der Waals surface area contributed by atoms with E-state index in [4.69, 9.17) is 28.9 Å². The number of hydrogen-bond donors (Lipinski definition) is 2. The van der Waals surface area contributed by atoms with Crippen molar-refractivity contribution in [2.75, 3.05) is 0 Å². The van der Waals surface area contributed by atoms with Crippen LogP contribution in [0.3, 0.4) is 0 Å². The molecule has 0 aliphatic heterocycles. The van der Waals surface area contributed by atoms with Crippen molar-refractivity contribution in [1.82, 2.24) is 20.0 Å². The number of benzene rings is 2. The molecule has 0 aliphatic rings. The van der Waals surface area contributed by atoms with Crippen LogP contribution in [0.5, 0.6) is 0 Å². The van der Waals surface area contributed by atoms with E-state index in [1.54, 1.807) is 23.0 Å². The fourth-order valence-corrected chi connectivity index (χ4v) is 3.75. The SMILES string of the molecule is Cn1ncc(-c2ccc3c(=O)[nH]nc(CN)c3c2)c1-c1cc(Cl)cc(Cl)c1. The van der Waals surface area contributed by atoms with Crippen LogP contribution in [0.4, 0.5) is 0 Å². The van der Waals surface area contributed by atoms with Crippen LogP contribution in [0.2, 0.25) is 10.0 Å². The molecule has 4 aromatic rings. The summed E-state index contributed by atoms with van der Waals surface area (Å²) in [6.07, 6.45) is 1.77. The van der Waals surface area contributed by atoms with Crippen LogP contribution < -0.4 is 11.3 Å². The molecule has 0 spiro atoms. The van der Waals surface area contributed by atoms with Gasteiger partial charge in [-0.1, -0.05) is 29.3 Å². The highest BCUT2D eigenvalue weighted by Crippen LogP contribution is 2.35. The molecule has 3 N–H and O–H groups in total. The van der Waals surface area contributed by atoms with Crippen LogP contribution in [-0.2, 0) is 13.6 Å². The lowest BCUT2D eigenvalue weighted by Gasteiger charge is -2.10. The van der Waals surface area contributed by atoms with E-state index in [0.29, 0.717) is 21.1 Å². The molecule has 2 aromatic heterocycles. The average Bonchev–Trinajstić information content (AvgIpc) is 3.02. The fourth-order valence-electron chi connectivity index (χ4n) is 3.22. The lowest BCUT2D eigenvalue weighted by molar-refractivity contribution is 0.776. The molecule has 0 bridgehead atoms. The summed E-state index contributed by atoms with van der Waals surface area (Å²) in [5.41, 5.74) is 9.66. The standard InChI is InChI=1S/C19H15Cl2N5O/c1-26-18(11-4-12(20)7-13(21)5-11)16(9-23-26)10-2-3-14-15(6-10)17(8-22)24-25-19(14)27/h2-7,9H,8,22H2,1H3,(H,25,27). The molecule has 0 saturated heterocycles. The number of nitrogens with zero attached hydrogens (tertiary/aromatic N) is 3. The van der Waals surface area contributed by atoms with Gasteiger partial charge in [0.15, 0.2) is 0 Å². The molecule has 0 aliphatic carbocycles. The number of H-pyrrole nitrogens is 1. The summed E-state index contributed by atoms with van der Waals surface area (Å²) in [5, 5.41) is 13.3. The summed E-state index contributed by atoms with van der Waals surface area (Å²) in [7, 11) is 1.85. The van der Waals surface area contributed by atoms with Gasteiger partial charge in [0.2, 0.25) is 0 Å². The van der Waals surface area contributed by atoms with Crippen LogP contribution in [0.25, 0.3) is 33.2 Å². The van der Waals surface area contributed by atoms with Crippen molar-refractivity contribution < 1.29 is 0 Å². The van der Waals surface area contributed by atoms with Gasteiger partial charge in [0.25, 0.3) is 5.56 Å². The predicted octanol–water partition coefficient (Wildman–Crippen LogP) is 3.76. The topological polar surface area (TPSA) is 89.6 Å². The Bertz CT molecular complexity index is 1210. The van der Waals surface area contributed by atoms with Gasteiger partial charge in [0.1, 0.15) is 0 Å². The maximum absolute atomic E-state index is 12.1. The van der Waals surface area contributed by atoms with Crippen LogP contribution >= 0.6 is 23.2 Å². The fraction of sp³-hybridized carbons (Fsp3) is 0.105. The molecule has 0 radical (unpaired) electrons. The number of aromatic amines is 1. The average molecular weight is 400 g/mol. The first kappa shape index (κ1) is 17.7. The summed E-state index contributed by atoms with van der Waals surface area (Å²) < 4.78 is 1.77. The molecule has 8 heteroatoms. The zero-order valence-electron chi connectivity index (χ0n) is 14.3. The molecule has 4 rings (SSSR count). The molecule has 2 heterocycles. The molecule has 6 nitrogen and oxygen atoms in total. The number of nitrogens with one attached hydrogen (secondary N) is 1. The van der Waals surface area contributed by atoms with Gasteiger partial charge in [-0.2, -0.15) is 10.2 Å². The molecular formula is C19H15Cl2N5O. The van der Waals surface area contributed by atoms with E-state index in [-0.39, 0.29) is 12.1 Å². The second-order valence-corrected chi connectivity index (χ2v) is 7.03. The van der Waals surface area contributed by atoms with Crippen molar-refractivity contribution in [3.63, 3.8) is 0 Å². The Labute approximate surface area is 164 Å². The highest BCUT2D eigenvalue weighted by Gasteiger charge is 2.16. The maximum Gasteiger partial charge on any atom is 0.272 e. The summed E-state index contributed by atoms with van der Waals surface area (Å²) in [6, 6.07) is 10.9. The van der Waals surface area contributed by atoms with Crippen LogP contribution in [-0.4, -0.2) is 20.0 Å². The number of aryl methyl sites for hydroxylation is 1. The van der Waals surface area contributed by atoms with E-state index in [9.17, 15) is 4.79 Å². The van der Waals surface area contributed by atoms with Gasteiger partial charge >= 0.3 is 0 Å². The second kappa shape index (κ2) is 6.81. The van der Waals surface area contributed by atoms with E-state index in [0.717, 1.165) is 27.8 Å². The quantitative estimate of drug-likeness (QED) is 0.548. The van der Waals surface area contributed by atoms with Crippen LogP contribution in [0, 0.1) is 0 Å². The highest BCUT2D eigenvalue weighted by molar-refractivity contribution is 6.35. The minimum Gasteiger partial charge on any atom is -0.325 e. The Balaban J connectivity index is 1.96. The highest BCUT2D eigenvalue weighted by atomic mass is 35.5. The van der Waals surface area contributed by atoms with Crippen molar-refractivity contribution >= 4 is 34.0 Å². The largest absolute Gasteiger partial charge is 0.325 e. The lowest BCUT2D eigenvalue weighted by Crippen LogP contribution is -2.13. The first-order chi connectivity index (χ1) is 13.0. The first-order valence-corrected chi connectivity index (χ1v) is 8.93. The molecule has 27 heavy (non-hydrogen) atoms. The summed E-state index contributed by atoms with van der Waals surface area (Å²) in [6.45, 7) is 0.223. The van der Waals surface area contributed by atoms with E-state index in [1.165, 1.54) is 0 Å². The zero-order valence-corrected chi connectivity index (χ0v) is 15.8. The summed E-state index contributed by atoms with van der Waals surface area (Å²) >= 11 is 12.4. The Kier molecular flexibility index (Phi) is 4.47. The predicted molar refractivity (Wildman–Crippen MR) is 108 cm³/mol. The molecule has 136 valence electrons. The van der Waals surface area contributed by atoms with Crippen LogP contribution in [0.15, 0.2) is 47.4 Å². The second-order valence-electron chi connectivity index (χ2n) is 6.15. The Hall–Kier alpha value is -2.67. The molecular weight excluding hydrogens is 385 g/mol. The van der Waals surface area contributed by atoms with Gasteiger partial charge in [0, 0.05) is 40.2 Å². The van der Waals surface area contributed by atoms with Gasteiger partial charge in [-0.05, 0) is 35.9 Å². The van der Waals surface area contributed by atoms with Crippen molar-refractivity contribution in [3.05, 3.63) is 68.7 Å². The Morgan fingerprint density at radius 1 is 1.07 bits per heavy atom. The summed E-state index contributed by atoms with van der Waals surface area (Å²) in [4.78, 5) is 12.1. The number of fused-ring (bicyclic) bond motifs is 1.